The Morgan fingerprint density at radius 2 is 1.95 bits per heavy atom. The van der Waals surface area contributed by atoms with Crippen molar-refractivity contribution in [2.24, 2.45) is 4.99 Å². The average Bonchev–Trinajstić information content (AvgIpc) is 2.93. The highest BCUT2D eigenvalue weighted by molar-refractivity contribution is 5.92. The number of aliphatic imine (C=N–C) groups is 1. The first-order valence-electron chi connectivity index (χ1n) is 6.13. The van der Waals surface area contributed by atoms with E-state index < -0.39 is 5.97 Å². The predicted molar refractivity (Wildman–Crippen MR) is 74.9 cm³/mol. The molecular weight excluding hydrogens is 274 g/mol. The molecule has 0 amide bonds. The molecular formula is C15H11NO5. The lowest BCUT2D eigenvalue weighted by Crippen LogP contribution is -1.95. The van der Waals surface area contributed by atoms with Gasteiger partial charge in [-0.2, -0.15) is 0 Å². The van der Waals surface area contributed by atoms with Crippen molar-refractivity contribution >= 4 is 17.9 Å². The van der Waals surface area contributed by atoms with E-state index in [0.29, 0.717) is 17.2 Å². The van der Waals surface area contributed by atoms with Gasteiger partial charge in [-0.15, -0.1) is 0 Å². The Morgan fingerprint density at radius 1 is 1.14 bits per heavy atom. The minimum atomic E-state index is -1.20. The highest BCUT2D eigenvalue weighted by atomic mass is 16.7. The van der Waals surface area contributed by atoms with E-state index in [9.17, 15) is 9.90 Å². The molecule has 6 heteroatoms. The number of benzene rings is 2. The number of hydrogen-bond donors (Lipinski definition) is 2. The van der Waals surface area contributed by atoms with Gasteiger partial charge in [0, 0.05) is 6.21 Å². The fourth-order valence-corrected chi connectivity index (χ4v) is 1.92. The largest absolute Gasteiger partial charge is 0.507 e. The predicted octanol–water partition coefficient (Wildman–Crippen LogP) is 2.57. The van der Waals surface area contributed by atoms with Gasteiger partial charge in [-0.05, 0) is 42.0 Å². The number of rotatable bonds is 3. The molecule has 0 aliphatic carbocycles. The van der Waals surface area contributed by atoms with E-state index in [1.54, 1.807) is 18.3 Å². The first kappa shape index (κ1) is 13.0. The zero-order chi connectivity index (χ0) is 14.8. The lowest BCUT2D eigenvalue weighted by Gasteiger charge is -2.01. The Bertz CT molecular complexity index is 739. The number of ether oxygens (including phenoxy) is 2. The zero-order valence-electron chi connectivity index (χ0n) is 10.8. The fourth-order valence-electron chi connectivity index (χ4n) is 1.92. The number of carboxylic acids is 1. The molecule has 21 heavy (non-hydrogen) atoms. The normalized spacial score (nSPS) is 12.8. The molecule has 0 atom stereocenters. The van der Waals surface area contributed by atoms with Crippen molar-refractivity contribution < 1.29 is 24.5 Å². The SMILES string of the molecule is O=C(O)c1cc(/N=C/c2ccc3c(c2)OCO3)ccc1O. The van der Waals surface area contributed by atoms with Crippen molar-refractivity contribution in [3.8, 4) is 17.2 Å². The van der Waals surface area contributed by atoms with Crippen LogP contribution in [0.1, 0.15) is 15.9 Å². The molecule has 2 aromatic carbocycles. The minimum absolute atomic E-state index is 0.185. The number of hydrogen-bond acceptors (Lipinski definition) is 5. The Balaban J connectivity index is 1.86. The molecule has 2 N–H and O–H groups in total. The van der Waals surface area contributed by atoms with E-state index in [-0.39, 0.29) is 18.1 Å². The summed E-state index contributed by atoms with van der Waals surface area (Å²) in [7, 11) is 0. The molecule has 0 saturated carbocycles. The van der Waals surface area contributed by atoms with Gasteiger partial charge in [0.05, 0.1) is 5.69 Å². The van der Waals surface area contributed by atoms with E-state index in [0.717, 1.165) is 5.56 Å². The van der Waals surface area contributed by atoms with Crippen molar-refractivity contribution in [3.63, 3.8) is 0 Å². The number of nitrogens with zero attached hydrogens (tertiary/aromatic N) is 1. The van der Waals surface area contributed by atoms with E-state index in [1.165, 1.54) is 18.2 Å². The lowest BCUT2D eigenvalue weighted by atomic mass is 10.2. The van der Waals surface area contributed by atoms with Gasteiger partial charge in [0.2, 0.25) is 6.79 Å². The van der Waals surface area contributed by atoms with Crippen LogP contribution in [-0.4, -0.2) is 29.2 Å². The van der Waals surface area contributed by atoms with Crippen LogP contribution in [0, 0.1) is 0 Å². The molecule has 0 spiro atoms. The van der Waals surface area contributed by atoms with E-state index >= 15 is 0 Å². The standard InChI is InChI=1S/C15H11NO5/c17-12-3-2-10(6-11(12)15(18)19)16-7-9-1-4-13-14(5-9)21-8-20-13/h1-7,17H,8H2,(H,18,19)/b16-7+. The van der Waals surface area contributed by atoms with E-state index in [2.05, 4.69) is 4.99 Å². The quantitative estimate of drug-likeness (QED) is 0.846. The molecule has 2 aromatic rings. The topological polar surface area (TPSA) is 88.4 Å². The van der Waals surface area contributed by atoms with Crippen LogP contribution in [0.15, 0.2) is 41.4 Å². The van der Waals surface area contributed by atoms with Crippen molar-refractivity contribution in [3.05, 3.63) is 47.5 Å². The van der Waals surface area contributed by atoms with Gasteiger partial charge in [-0.1, -0.05) is 0 Å². The first-order chi connectivity index (χ1) is 10.1. The summed E-state index contributed by atoms with van der Waals surface area (Å²) in [4.78, 5) is 15.1. The summed E-state index contributed by atoms with van der Waals surface area (Å²) in [5, 5.41) is 18.4. The summed E-state index contributed by atoms with van der Waals surface area (Å²) in [5.74, 6) is -0.155. The summed E-state index contributed by atoms with van der Waals surface area (Å²) >= 11 is 0. The average molecular weight is 285 g/mol. The van der Waals surface area contributed by atoms with Crippen molar-refractivity contribution in [2.45, 2.75) is 0 Å². The van der Waals surface area contributed by atoms with Crippen LogP contribution in [0.4, 0.5) is 5.69 Å². The number of carboxylic acid groups (broad SMARTS) is 1. The molecule has 0 aromatic heterocycles. The zero-order valence-corrected chi connectivity index (χ0v) is 10.8. The van der Waals surface area contributed by atoms with E-state index in [1.807, 2.05) is 6.07 Å². The number of carbonyl (C=O) groups is 1. The molecule has 6 nitrogen and oxygen atoms in total. The maximum absolute atomic E-state index is 10.9. The molecule has 0 fully saturated rings. The summed E-state index contributed by atoms with van der Waals surface area (Å²) in [6.07, 6.45) is 1.58. The van der Waals surface area contributed by atoms with Crippen molar-refractivity contribution in [1.29, 1.82) is 0 Å². The van der Waals surface area contributed by atoms with Gasteiger partial charge in [-0.3, -0.25) is 4.99 Å². The third-order valence-corrected chi connectivity index (χ3v) is 2.97. The molecule has 0 radical (unpaired) electrons. The lowest BCUT2D eigenvalue weighted by molar-refractivity contribution is 0.0693. The summed E-state index contributed by atoms with van der Waals surface area (Å²) in [6, 6.07) is 9.52. The van der Waals surface area contributed by atoms with Gasteiger partial charge < -0.3 is 19.7 Å². The van der Waals surface area contributed by atoms with Crippen LogP contribution >= 0.6 is 0 Å². The van der Waals surface area contributed by atoms with Gasteiger partial charge >= 0.3 is 5.97 Å². The molecule has 1 heterocycles. The molecule has 106 valence electrons. The molecule has 0 bridgehead atoms. The van der Waals surface area contributed by atoms with Gasteiger partial charge in [-0.25, -0.2) is 4.79 Å². The van der Waals surface area contributed by atoms with Crippen molar-refractivity contribution in [1.82, 2.24) is 0 Å². The summed E-state index contributed by atoms with van der Waals surface area (Å²) in [6.45, 7) is 0.204. The maximum Gasteiger partial charge on any atom is 0.339 e. The van der Waals surface area contributed by atoms with Crippen LogP contribution in [0.25, 0.3) is 0 Å². The molecule has 1 aliphatic rings. The Morgan fingerprint density at radius 3 is 2.76 bits per heavy atom. The van der Waals surface area contributed by atoms with Crippen molar-refractivity contribution in [2.75, 3.05) is 6.79 Å². The monoisotopic (exact) mass is 285 g/mol. The Kier molecular flexibility index (Phi) is 3.19. The molecule has 0 saturated heterocycles. The smallest absolute Gasteiger partial charge is 0.339 e. The Hall–Kier alpha value is -3.02. The number of fused-ring (bicyclic) bond motifs is 1. The molecule has 1 aliphatic heterocycles. The number of aromatic hydroxyl groups is 1. The number of phenols is 1. The summed E-state index contributed by atoms with van der Waals surface area (Å²) in [5.41, 5.74) is 1.04. The number of aromatic carboxylic acids is 1. The van der Waals surface area contributed by atoms with Gasteiger partial charge in [0.15, 0.2) is 11.5 Å². The minimum Gasteiger partial charge on any atom is -0.507 e. The van der Waals surface area contributed by atoms with Crippen LogP contribution in [0.3, 0.4) is 0 Å². The highest BCUT2D eigenvalue weighted by Gasteiger charge is 2.12. The first-order valence-corrected chi connectivity index (χ1v) is 6.13. The molecule has 0 unspecified atom stereocenters. The highest BCUT2D eigenvalue weighted by Crippen LogP contribution is 2.32. The third kappa shape index (κ3) is 2.64. The summed E-state index contributed by atoms with van der Waals surface area (Å²) < 4.78 is 10.5. The molecule has 3 rings (SSSR count). The Labute approximate surface area is 119 Å². The van der Waals surface area contributed by atoms with Crippen LogP contribution in [0.5, 0.6) is 17.2 Å². The fraction of sp³-hybridized carbons (Fsp3) is 0.0667. The second-order valence-electron chi connectivity index (χ2n) is 4.38. The van der Waals surface area contributed by atoms with Crippen LogP contribution < -0.4 is 9.47 Å². The van der Waals surface area contributed by atoms with Crippen LogP contribution in [0.2, 0.25) is 0 Å². The van der Waals surface area contributed by atoms with Crippen LogP contribution in [-0.2, 0) is 0 Å². The van der Waals surface area contributed by atoms with E-state index in [4.69, 9.17) is 14.6 Å². The van der Waals surface area contributed by atoms with Gasteiger partial charge in [0.1, 0.15) is 11.3 Å². The third-order valence-electron chi connectivity index (χ3n) is 2.97. The van der Waals surface area contributed by atoms with Gasteiger partial charge in [0.25, 0.3) is 0 Å². The second-order valence-corrected chi connectivity index (χ2v) is 4.38. The maximum atomic E-state index is 10.9. The second kappa shape index (κ2) is 5.16.